The van der Waals surface area contributed by atoms with Crippen molar-refractivity contribution in [3.8, 4) is 0 Å². The van der Waals surface area contributed by atoms with E-state index in [1.807, 2.05) is 30.3 Å². The molecule has 0 heterocycles. The lowest BCUT2D eigenvalue weighted by atomic mass is 10.0. The normalized spacial score (nSPS) is 11.9. The van der Waals surface area contributed by atoms with E-state index in [2.05, 4.69) is 5.32 Å². The van der Waals surface area contributed by atoms with Crippen molar-refractivity contribution in [1.29, 1.82) is 0 Å². The highest BCUT2D eigenvalue weighted by Crippen LogP contribution is 2.27. The van der Waals surface area contributed by atoms with E-state index in [0.717, 1.165) is 9.87 Å². The number of halogens is 1. The molecule has 218 valence electrons. The maximum atomic E-state index is 14.9. The highest BCUT2D eigenvalue weighted by Gasteiger charge is 2.35. The molecule has 0 aliphatic carbocycles. The second kappa shape index (κ2) is 13.9. The van der Waals surface area contributed by atoms with Crippen LogP contribution in [0.1, 0.15) is 23.6 Å². The van der Waals surface area contributed by atoms with Crippen LogP contribution in [0, 0.1) is 12.7 Å². The average molecular weight is 588 g/mol. The van der Waals surface area contributed by atoms with Gasteiger partial charge in [-0.05, 0) is 49.2 Å². The Balaban J connectivity index is 1.81. The number of carbonyl (C=O) groups excluding carboxylic acids is 2. The number of sulfonamides is 1. The lowest BCUT2D eigenvalue weighted by molar-refractivity contribution is -0.140. The molecular formula is C33H34FN3O4S. The molecule has 0 aliphatic rings. The summed E-state index contributed by atoms with van der Waals surface area (Å²) in [5.74, 6) is -1.59. The van der Waals surface area contributed by atoms with Crippen LogP contribution in [0.4, 0.5) is 10.1 Å². The molecule has 0 aromatic heterocycles. The Morgan fingerprint density at radius 2 is 1.43 bits per heavy atom. The van der Waals surface area contributed by atoms with Crippen molar-refractivity contribution in [1.82, 2.24) is 10.2 Å². The van der Waals surface area contributed by atoms with Gasteiger partial charge in [0.15, 0.2) is 0 Å². The highest BCUT2D eigenvalue weighted by molar-refractivity contribution is 7.92. The molecule has 0 aliphatic heterocycles. The molecule has 0 bridgehead atoms. The van der Waals surface area contributed by atoms with E-state index >= 15 is 0 Å². The van der Waals surface area contributed by atoms with Crippen LogP contribution in [0.25, 0.3) is 0 Å². The monoisotopic (exact) mass is 587 g/mol. The summed E-state index contributed by atoms with van der Waals surface area (Å²) >= 11 is 0. The predicted octanol–water partition coefficient (Wildman–Crippen LogP) is 5.11. The summed E-state index contributed by atoms with van der Waals surface area (Å²) < 4.78 is 43.9. The number of nitrogens with one attached hydrogen (secondary N) is 1. The smallest absolute Gasteiger partial charge is 0.264 e. The highest BCUT2D eigenvalue weighted by atomic mass is 32.2. The molecule has 0 saturated carbocycles. The van der Waals surface area contributed by atoms with E-state index in [-0.39, 0.29) is 23.4 Å². The fourth-order valence-corrected chi connectivity index (χ4v) is 6.23. The molecule has 0 unspecified atom stereocenters. The number of hydrogen-bond donors (Lipinski definition) is 1. The third kappa shape index (κ3) is 7.22. The summed E-state index contributed by atoms with van der Waals surface area (Å²) in [4.78, 5) is 29.1. The van der Waals surface area contributed by atoms with Crippen molar-refractivity contribution in [2.75, 3.05) is 17.4 Å². The number of anilines is 1. The van der Waals surface area contributed by atoms with Crippen molar-refractivity contribution in [3.63, 3.8) is 0 Å². The largest absolute Gasteiger partial charge is 0.355 e. The fourth-order valence-electron chi connectivity index (χ4n) is 4.73. The molecule has 9 heteroatoms. The summed E-state index contributed by atoms with van der Waals surface area (Å²) in [6.45, 7) is 3.03. The van der Waals surface area contributed by atoms with E-state index in [1.165, 1.54) is 23.1 Å². The van der Waals surface area contributed by atoms with Crippen molar-refractivity contribution >= 4 is 27.5 Å². The van der Waals surface area contributed by atoms with Gasteiger partial charge < -0.3 is 10.2 Å². The van der Waals surface area contributed by atoms with Crippen LogP contribution in [0.3, 0.4) is 0 Å². The third-order valence-electron chi connectivity index (χ3n) is 6.91. The van der Waals surface area contributed by atoms with Crippen LogP contribution in [0.2, 0.25) is 0 Å². The first-order valence-electron chi connectivity index (χ1n) is 13.7. The van der Waals surface area contributed by atoms with Crippen LogP contribution < -0.4 is 9.62 Å². The maximum Gasteiger partial charge on any atom is 0.264 e. The molecule has 1 atom stereocenters. The number of para-hydroxylation sites is 1. The molecule has 42 heavy (non-hydrogen) atoms. The molecule has 0 spiro atoms. The van der Waals surface area contributed by atoms with Gasteiger partial charge >= 0.3 is 0 Å². The van der Waals surface area contributed by atoms with E-state index in [4.69, 9.17) is 0 Å². The van der Waals surface area contributed by atoms with Crippen molar-refractivity contribution in [2.24, 2.45) is 0 Å². The van der Waals surface area contributed by atoms with Gasteiger partial charge in [-0.2, -0.15) is 0 Å². The van der Waals surface area contributed by atoms with Gasteiger partial charge in [0, 0.05) is 25.1 Å². The number of rotatable bonds is 12. The van der Waals surface area contributed by atoms with Gasteiger partial charge in [0.05, 0.1) is 10.6 Å². The maximum absolute atomic E-state index is 14.9. The van der Waals surface area contributed by atoms with Crippen molar-refractivity contribution in [2.45, 2.75) is 37.8 Å². The number of likely N-dealkylation sites (N-methyl/N-ethyl adjacent to an activating group) is 1. The summed E-state index contributed by atoms with van der Waals surface area (Å²) in [6, 6.07) is 28.9. The van der Waals surface area contributed by atoms with E-state index in [9.17, 15) is 22.4 Å². The van der Waals surface area contributed by atoms with Crippen LogP contribution in [0.5, 0.6) is 0 Å². The van der Waals surface area contributed by atoms with E-state index in [1.54, 1.807) is 74.5 Å². The van der Waals surface area contributed by atoms with Crippen molar-refractivity contribution < 1.29 is 22.4 Å². The predicted molar refractivity (Wildman–Crippen MR) is 162 cm³/mol. The van der Waals surface area contributed by atoms with E-state index < -0.39 is 40.2 Å². The number of amides is 2. The SMILES string of the molecule is CCNC(=O)[C@H](Cc1ccccc1)N(Cc1ccccc1F)C(=O)CN(c1ccccc1C)S(=O)(=O)c1ccccc1. The van der Waals surface area contributed by atoms with Crippen LogP contribution in [0.15, 0.2) is 114 Å². The van der Waals surface area contributed by atoms with Gasteiger partial charge in [-0.1, -0.05) is 84.9 Å². The second-order valence-electron chi connectivity index (χ2n) is 9.82. The number of carbonyl (C=O) groups is 2. The van der Waals surface area contributed by atoms with Crippen molar-refractivity contribution in [3.05, 3.63) is 132 Å². The Labute approximate surface area is 246 Å². The first kappa shape index (κ1) is 30.5. The summed E-state index contributed by atoms with van der Waals surface area (Å²) in [5, 5.41) is 2.79. The lowest BCUT2D eigenvalue weighted by Gasteiger charge is -2.34. The Hall–Kier alpha value is -4.50. The molecule has 7 nitrogen and oxygen atoms in total. The summed E-state index contributed by atoms with van der Waals surface area (Å²) in [7, 11) is -4.19. The zero-order chi connectivity index (χ0) is 30.1. The molecular weight excluding hydrogens is 553 g/mol. The third-order valence-corrected chi connectivity index (χ3v) is 8.69. The second-order valence-corrected chi connectivity index (χ2v) is 11.7. The zero-order valence-corrected chi connectivity index (χ0v) is 24.4. The molecule has 0 saturated heterocycles. The minimum atomic E-state index is -4.19. The van der Waals surface area contributed by atoms with Crippen LogP contribution >= 0.6 is 0 Å². The molecule has 4 aromatic rings. The number of nitrogens with zero attached hydrogens (tertiary/aromatic N) is 2. The Kier molecular flexibility index (Phi) is 10.1. The van der Waals surface area contributed by atoms with Gasteiger partial charge in [0.2, 0.25) is 11.8 Å². The number of benzene rings is 4. The van der Waals surface area contributed by atoms with Gasteiger partial charge in [-0.3, -0.25) is 13.9 Å². The minimum Gasteiger partial charge on any atom is -0.355 e. The Morgan fingerprint density at radius 3 is 2.07 bits per heavy atom. The quantitative estimate of drug-likeness (QED) is 0.250. The topological polar surface area (TPSA) is 86.8 Å². The summed E-state index contributed by atoms with van der Waals surface area (Å²) in [6.07, 6.45) is 0.155. The van der Waals surface area contributed by atoms with Crippen LogP contribution in [-0.2, 0) is 32.6 Å². The summed E-state index contributed by atoms with van der Waals surface area (Å²) in [5.41, 5.74) is 1.99. The average Bonchev–Trinajstić information content (AvgIpc) is 3.00. The lowest BCUT2D eigenvalue weighted by Crippen LogP contribution is -2.53. The number of aryl methyl sites for hydroxylation is 1. The first-order valence-corrected chi connectivity index (χ1v) is 15.1. The molecule has 4 rings (SSSR count). The zero-order valence-electron chi connectivity index (χ0n) is 23.6. The first-order chi connectivity index (χ1) is 20.2. The standard InChI is InChI=1S/C33H34FN3O4S/c1-3-35-33(39)31(22-26-15-6-4-7-16-26)36(23-27-17-11-12-20-29(27)34)32(38)24-37(30-21-13-10-14-25(30)2)42(40,41)28-18-8-5-9-19-28/h4-21,31H,3,22-24H2,1-2H3,(H,35,39)/t31-/m0/s1. The molecule has 1 N–H and O–H groups in total. The minimum absolute atomic E-state index is 0.0197. The van der Waals surface area contributed by atoms with Gasteiger partial charge in [-0.25, -0.2) is 12.8 Å². The molecule has 2 amide bonds. The number of hydrogen-bond acceptors (Lipinski definition) is 4. The van der Waals surface area contributed by atoms with Crippen LogP contribution in [-0.4, -0.2) is 44.3 Å². The Morgan fingerprint density at radius 1 is 0.833 bits per heavy atom. The van der Waals surface area contributed by atoms with Gasteiger partial charge in [-0.15, -0.1) is 0 Å². The van der Waals surface area contributed by atoms with Gasteiger partial charge in [0.1, 0.15) is 18.4 Å². The Bertz CT molecular complexity index is 1610. The molecule has 0 fully saturated rings. The molecule has 4 aromatic carbocycles. The van der Waals surface area contributed by atoms with E-state index in [0.29, 0.717) is 17.8 Å². The fraction of sp³-hybridized carbons (Fsp3) is 0.212. The van der Waals surface area contributed by atoms with Gasteiger partial charge in [0.25, 0.3) is 10.0 Å². The molecule has 0 radical (unpaired) electrons.